The maximum absolute atomic E-state index is 4.72. The van der Waals surface area contributed by atoms with Crippen LogP contribution in [0.2, 0.25) is 0 Å². The summed E-state index contributed by atoms with van der Waals surface area (Å²) in [6.07, 6.45) is 0. The molecule has 1 aromatic heterocycles. The highest BCUT2D eigenvalue weighted by molar-refractivity contribution is 5.83. The highest BCUT2D eigenvalue weighted by Crippen LogP contribution is 2.24. The Kier molecular flexibility index (Phi) is 2.44. The van der Waals surface area contributed by atoms with Gasteiger partial charge in [0.15, 0.2) is 0 Å². The minimum atomic E-state index is 0.943. The molecule has 2 aromatic carbocycles. The van der Waals surface area contributed by atoms with Crippen molar-refractivity contribution in [1.82, 2.24) is 9.97 Å². The molecule has 0 saturated carbocycles. The Hall–Kier alpha value is -2.09. The van der Waals surface area contributed by atoms with Gasteiger partial charge in [-0.05, 0) is 38.0 Å². The van der Waals surface area contributed by atoms with Gasteiger partial charge in [-0.2, -0.15) is 0 Å². The standard InChI is InChI=1S/C16H16N2/c1-10-4-7-13(8-5-10)16-17-14-9-6-11(2)12(3)15(14)18-16/h4-9H,1-3H3,(H,17,18). The first-order chi connectivity index (χ1) is 8.65. The number of hydrogen-bond donors (Lipinski definition) is 1. The fraction of sp³-hybridized carbons (Fsp3) is 0.188. The summed E-state index contributed by atoms with van der Waals surface area (Å²) in [5, 5.41) is 0. The Bertz CT molecular complexity index is 706. The van der Waals surface area contributed by atoms with Gasteiger partial charge in [-0.25, -0.2) is 4.98 Å². The molecule has 0 unspecified atom stereocenters. The molecule has 0 saturated heterocycles. The van der Waals surface area contributed by atoms with Crippen LogP contribution < -0.4 is 0 Å². The molecular weight excluding hydrogens is 220 g/mol. The summed E-state index contributed by atoms with van der Waals surface area (Å²) in [7, 11) is 0. The van der Waals surface area contributed by atoms with E-state index in [-0.39, 0.29) is 0 Å². The van der Waals surface area contributed by atoms with Crippen LogP contribution in [0.4, 0.5) is 0 Å². The number of nitrogens with one attached hydrogen (secondary N) is 1. The molecule has 1 N–H and O–H groups in total. The zero-order valence-electron chi connectivity index (χ0n) is 10.9. The number of nitrogens with zero attached hydrogens (tertiary/aromatic N) is 1. The van der Waals surface area contributed by atoms with Crippen LogP contribution in [-0.4, -0.2) is 9.97 Å². The topological polar surface area (TPSA) is 28.7 Å². The van der Waals surface area contributed by atoms with E-state index in [2.05, 4.69) is 62.2 Å². The minimum Gasteiger partial charge on any atom is -0.338 e. The van der Waals surface area contributed by atoms with Crippen molar-refractivity contribution < 1.29 is 0 Å². The number of benzene rings is 2. The maximum Gasteiger partial charge on any atom is 0.138 e. The van der Waals surface area contributed by atoms with E-state index in [1.807, 2.05) is 0 Å². The van der Waals surface area contributed by atoms with Crippen LogP contribution in [0.3, 0.4) is 0 Å². The molecule has 0 spiro atoms. The molecule has 1 heterocycles. The molecule has 0 radical (unpaired) electrons. The molecule has 0 aliphatic heterocycles. The Morgan fingerprint density at radius 1 is 0.889 bits per heavy atom. The van der Waals surface area contributed by atoms with E-state index in [4.69, 9.17) is 4.98 Å². The molecule has 2 heteroatoms. The van der Waals surface area contributed by atoms with Crippen molar-refractivity contribution in [2.24, 2.45) is 0 Å². The maximum atomic E-state index is 4.72. The van der Waals surface area contributed by atoms with Crippen molar-refractivity contribution in [1.29, 1.82) is 0 Å². The van der Waals surface area contributed by atoms with Gasteiger partial charge in [0.2, 0.25) is 0 Å². The second-order valence-electron chi connectivity index (χ2n) is 4.86. The van der Waals surface area contributed by atoms with Crippen LogP contribution in [0.25, 0.3) is 22.4 Å². The van der Waals surface area contributed by atoms with Crippen molar-refractivity contribution >= 4 is 11.0 Å². The second-order valence-corrected chi connectivity index (χ2v) is 4.86. The van der Waals surface area contributed by atoms with Crippen LogP contribution in [0.5, 0.6) is 0 Å². The van der Waals surface area contributed by atoms with Gasteiger partial charge in [0.25, 0.3) is 0 Å². The monoisotopic (exact) mass is 236 g/mol. The molecule has 3 rings (SSSR count). The third-order valence-electron chi connectivity index (χ3n) is 3.50. The predicted molar refractivity (Wildman–Crippen MR) is 75.7 cm³/mol. The number of imidazole rings is 1. The number of aromatic nitrogens is 2. The number of hydrogen-bond acceptors (Lipinski definition) is 1. The van der Waals surface area contributed by atoms with Crippen LogP contribution in [0, 0.1) is 20.8 Å². The van der Waals surface area contributed by atoms with E-state index in [9.17, 15) is 0 Å². The van der Waals surface area contributed by atoms with Gasteiger partial charge in [-0.1, -0.05) is 35.9 Å². The smallest absolute Gasteiger partial charge is 0.138 e. The van der Waals surface area contributed by atoms with Crippen molar-refractivity contribution in [2.45, 2.75) is 20.8 Å². The fourth-order valence-corrected chi connectivity index (χ4v) is 2.16. The van der Waals surface area contributed by atoms with Crippen molar-refractivity contribution in [3.8, 4) is 11.4 Å². The molecule has 0 atom stereocenters. The summed E-state index contributed by atoms with van der Waals surface area (Å²) in [5.74, 6) is 0.943. The van der Waals surface area contributed by atoms with Crippen molar-refractivity contribution in [3.05, 3.63) is 53.1 Å². The van der Waals surface area contributed by atoms with Crippen LogP contribution in [0.1, 0.15) is 16.7 Å². The molecule has 0 bridgehead atoms. The van der Waals surface area contributed by atoms with Gasteiger partial charge in [0, 0.05) is 5.56 Å². The first kappa shape index (κ1) is 11.0. The number of aryl methyl sites for hydroxylation is 3. The Morgan fingerprint density at radius 2 is 1.61 bits per heavy atom. The van der Waals surface area contributed by atoms with Crippen LogP contribution in [-0.2, 0) is 0 Å². The largest absolute Gasteiger partial charge is 0.338 e. The summed E-state index contributed by atoms with van der Waals surface area (Å²) in [5.41, 5.74) is 7.11. The fourth-order valence-electron chi connectivity index (χ4n) is 2.16. The van der Waals surface area contributed by atoms with E-state index in [1.165, 1.54) is 16.7 Å². The average molecular weight is 236 g/mol. The number of aromatic amines is 1. The van der Waals surface area contributed by atoms with Crippen LogP contribution in [0.15, 0.2) is 36.4 Å². The summed E-state index contributed by atoms with van der Waals surface area (Å²) in [4.78, 5) is 8.11. The molecule has 0 fully saturated rings. The lowest BCUT2D eigenvalue weighted by molar-refractivity contribution is 1.31. The SMILES string of the molecule is Cc1ccc(-c2nc3c(C)c(C)ccc3[nH]2)cc1. The first-order valence-corrected chi connectivity index (χ1v) is 6.18. The summed E-state index contributed by atoms with van der Waals surface area (Å²) < 4.78 is 0. The van der Waals surface area contributed by atoms with Gasteiger partial charge < -0.3 is 4.98 Å². The van der Waals surface area contributed by atoms with E-state index in [0.717, 1.165) is 22.4 Å². The second kappa shape index (κ2) is 3.98. The summed E-state index contributed by atoms with van der Waals surface area (Å²) in [6.45, 7) is 6.34. The normalized spacial score (nSPS) is 11.1. The lowest BCUT2D eigenvalue weighted by atomic mass is 10.1. The number of rotatable bonds is 1. The van der Waals surface area contributed by atoms with E-state index in [1.54, 1.807) is 0 Å². The summed E-state index contributed by atoms with van der Waals surface area (Å²) in [6, 6.07) is 12.7. The van der Waals surface area contributed by atoms with Crippen molar-refractivity contribution in [3.63, 3.8) is 0 Å². The third-order valence-corrected chi connectivity index (χ3v) is 3.50. The Balaban J connectivity index is 2.19. The molecule has 90 valence electrons. The van der Waals surface area contributed by atoms with Gasteiger partial charge in [-0.15, -0.1) is 0 Å². The third kappa shape index (κ3) is 1.70. The van der Waals surface area contributed by atoms with Crippen molar-refractivity contribution in [2.75, 3.05) is 0 Å². The lowest BCUT2D eigenvalue weighted by Crippen LogP contribution is -1.82. The van der Waals surface area contributed by atoms with Gasteiger partial charge in [0.05, 0.1) is 11.0 Å². The number of fused-ring (bicyclic) bond motifs is 1. The summed E-state index contributed by atoms with van der Waals surface area (Å²) >= 11 is 0. The number of H-pyrrole nitrogens is 1. The minimum absolute atomic E-state index is 0.943. The highest BCUT2D eigenvalue weighted by Gasteiger charge is 2.08. The molecule has 0 aliphatic rings. The molecule has 0 aliphatic carbocycles. The Morgan fingerprint density at radius 3 is 2.33 bits per heavy atom. The van der Waals surface area contributed by atoms with E-state index < -0.39 is 0 Å². The zero-order valence-corrected chi connectivity index (χ0v) is 10.9. The van der Waals surface area contributed by atoms with E-state index in [0.29, 0.717) is 0 Å². The molecule has 2 nitrogen and oxygen atoms in total. The predicted octanol–water partition coefficient (Wildman–Crippen LogP) is 4.16. The molecule has 18 heavy (non-hydrogen) atoms. The van der Waals surface area contributed by atoms with E-state index >= 15 is 0 Å². The molecule has 0 amide bonds. The van der Waals surface area contributed by atoms with Gasteiger partial charge in [-0.3, -0.25) is 0 Å². The molecule has 3 aromatic rings. The first-order valence-electron chi connectivity index (χ1n) is 6.18. The van der Waals surface area contributed by atoms with Crippen LogP contribution >= 0.6 is 0 Å². The molecular formula is C16H16N2. The lowest BCUT2D eigenvalue weighted by Gasteiger charge is -1.98. The zero-order chi connectivity index (χ0) is 12.7. The van der Waals surface area contributed by atoms with Gasteiger partial charge in [0.1, 0.15) is 5.82 Å². The quantitative estimate of drug-likeness (QED) is 0.675. The Labute approximate surface area is 107 Å². The van der Waals surface area contributed by atoms with Gasteiger partial charge >= 0.3 is 0 Å². The highest BCUT2D eigenvalue weighted by atomic mass is 14.9. The average Bonchev–Trinajstić information content (AvgIpc) is 2.80.